The molecule has 1 saturated carbocycles. The molecule has 0 radical (unpaired) electrons. The van der Waals surface area contributed by atoms with Crippen molar-refractivity contribution in [3.63, 3.8) is 0 Å². The van der Waals surface area contributed by atoms with Crippen LogP contribution in [0.4, 0.5) is 24.5 Å². The molecule has 2 aromatic rings. The van der Waals surface area contributed by atoms with E-state index in [2.05, 4.69) is 20.2 Å². The first-order valence-electron chi connectivity index (χ1n) is 10.9. The number of amides is 1. The minimum Gasteiger partial charge on any atom is -0.322 e. The molecule has 1 aliphatic carbocycles. The number of benzene rings is 2. The number of carbonyl (C=O) groups excluding carboxylic acids is 1. The van der Waals surface area contributed by atoms with Crippen molar-refractivity contribution in [3.05, 3.63) is 69.1 Å². The molecule has 174 valence electrons. The summed E-state index contributed by atoms with van der Waals surface area (Å²) in [6.07, 6.45) is -2.54. The van der Waals surface area contributed by atoms with Gasteiger partial charge in [0.15, 0.2) is 0 Å². The maximum absolute atomic E-state index is 13.8. The first-order chi connectivity index (χ1) is 15.7. The summed E-state index contributed by atoms with van der Waals surface area (Å²) in [5.41, 5.74) is 9.80. The lowest BCUT2D eigenvalue weighted by molar-refractivity contribution is -0.138. The van der Waals surface area contributed by atoms with Crippen LogP contribution < -0.4 is 5.32 Å². The van der Waals surface area contributed by atoms with Gasteiger partial charge in [-0.3, -0.25) is 9.69 Å². The molecule has 1 N–H and O–H groups in total. The molecule has 0 atom stereocenters. The monoisotopic (exact) mass is 458 g/mol. The summed E-state index contributed by atoms with van der Waals surface area (Å²) in [4.78, 5) is 19.7. The predicted molar refractivity (Wildman–Crippen MR) is 119 cm³/mol. The topological polar surface area (TPSA) is 84.3 Å². The predicted octanol–water partition coefficient (Wildman–Crippen LogP) is 5.52. The fourth-order valence-corrected chi connectivity index (χ4v) is 4.07. The van der Waals surface area contributed by atoms with Gasteiger partial charge in [-0.2, -0.15) is 13.2 Å². The Morgan fingerprint density at radius 2 is 1.88 bits per heavy atom. The molecule has 2 aromatic carbocycles. The van der Waals surface area contributed by atoms with Crippen LogP contribution >= 0.6 is 0 Å². The van der Waals surface area contributed by atoms with E-state index in [1.165, 1.54) is 18.2 Å². The van der Waals surface area contributed by atoms with Crippen LogP contribution in [0.1, 0.15) is 45.8 Å². The largest absolute Gasteiger partial charge is 0.416 e. The van der Waals surface area contributed by atoms with E-state index in [4.69, 9.17) is 5.53 Å². The zero-order valence-electron chi connectivity index (χ0n) is 18.3. The molecule has 0 aromatic heterocycles. The molecule has 1 heterocycles. The van der Waals surface area contributed by atoms with Crippen molar-refractivity contribution in [1.82, 2.24) is 9.80 Å². The van der Waals surface area contributed by atoms with Crippen molar-refractivity contribution in [1.29, 1.82) is 0 Å². The molecule has 1 aliphatic heterocycles. The molecular formula is C23H25F3N6O. The van der Waals surface area contributed by atoms with E-state index >= 15 is 0 Å². The summed E-state index contributed by atoms with van der Waals surface area (Å²) in [6, 6.07) is 8.73. The van der Waals surface area contributed by atoms with Gasteiger partial charge in [0.1, 0.15) is 0 Å². The molecule has 0 unspecified atom stereocenters. The number of nitrogens with one attached hydrogen (secondary N) is 1. The van der Waals surface area contributed by atoms with Crippen LogP contribution in [0.15, 0.2) is 41.5 Å². The van der Waals surface area contributed by atoms with Gasteiger partial charge in [0, 0.05) is 54.6 Å². The summed E-state index contributed by atoms with van der Waals surface area (Å²) in [6.45, 7) is 3.24. The number of halogens is 3. The van der Waals surface area contributed by atoms with Gasteiger partial charge < -0.3 is 10.2 Å². The van der Waals surface area contributed by atoms with Crippen LogP contribution in [0.5, 0.6) is 0 Å². The van der Waals surface area contributed by atoms with Crippen LogP contribution in [0.3, 0.4) is 0 Å². The summed E-state index contributed by atoms with van der Waals surface area (Å²) in [5, 5.41) is 6.23. The van der Waals surface area contributed by atoms with Crippen molar-refractivity contribution in [2.24, 2.45) is 5.11 Å². The highest BCUT2D eigenvalue weighted by molar-refractivity contribution is 6.05. The number of hydrogen-bond acceptors (Lipinski definition) is 4. The number of rotatable bonds is 6. The van der Waals surface area contributed by atoms with Crippen molar-refractivity contribution in [3.8, 4) is 0 Å². The third-order valence-electron chi connectivity index (χ3n) is 6.13. The molecule has 2 aliphatic rings. The Bertz CT molecular complexity index is 1080. The molecule has 1 amide bonds. The summed E-state index contributed by atoms with van der Waals surface area (Å²) < 4.78 is 41.3. The highest BCUT2D eigenvalue weighted by Crippen LogP contribution is 2.44. The maximum atomic E-state index is 13.8. The second kappa shape index (κ2) is 9.43. The lowest BCUT2D eigenvalue weighted by Crippen LogP contribution is -2.44. The molecular weight excluding hydrogens is 433 g/mol. The molecule has 2 fully saturated rings. The fraction of sp³-hybridized carbons (Fsp3) is 0.435. The van der Waals surface area contributed by atoms with E-state index < -0.39 is 17.6 Å². The fourth-order valence-electron chi connectivity index (χ4n) is 4.07. The van der Waals surface area contributed by atoms with Crippen molar-refractivity contribution < 1.29 is 18.0 Å². The zero-order valence-corrected chi connectivity index (χ0v) is 18.3. The van der Waals surface area contributed by atoms with Crippen LogP contribution in [0.2, 0.25) is 0 Å². The minimum absolute atomic E-state index is 0.0612. The van der Waals surface area contributed by atoms with E-state index in [0.29, 0.717) is 24.7 Å². The SMILES string of the molecule is CN1CCN(Cc2ccc(NC(=O)c3ccc(C4CC4)c(N=[N+]=[N-])c3)cc2C(F)(F)F)CC1. The third-order valence-corrected chi connectivity index (χ3v) is 6.13. The van der Waals surface area contributed by atoms with E-state index in [0.717, 1.165) is 37.6 Å². The normalized spacial score (nSPS) is 17.5. The lowest BCUT2D eigenvalue weighted by Gasteiger charge is -2.33. The molecule has 0 spiro atoms. The molecule has 7 nitrogen and oxygen atoms in total. The summed E-state index contributed by atoms with van der Waals surface area (Å²) >= 11 is 0. The number of likely N-dealkylation sites (N-methyl/N-ethyl adjacent to an activating group) is 1. The average molecular weight is 458 g/mol. The van der Waals surface area contributed by atoms with Gasteiger partial charge >= 0.3 is 6.18 Å². The van der Waals surface area contributed by atoms with Gasteiger partial charge in [0.05, 0.1) is 5.56 Å². The van der Waals surface area contributed by atoms with Crippen molar-refractivity contribution in [2.75, 3.05) is 38.5 Å². The molecule has 0 bridgehead atoms. The Hall–Kier alpha value is -3.07. The molecule has 33 heavy (non-hydrogen) atoms. The van der Waals surface area contributed by atoms with E-state index in [1.54, 1.807) is 12.1 Å². The number of anilines is 1. The first-order valence-corrected chi connectivity index (χ1v) is 10.9. The number of piperazine rings is 1. The Morgan fingerprint density at radius 3 is 2.52 bits per heavy atom. The standard InChI is InChI=1S/C23H25F3N6O/c1-31-8-10-32(11-9-31)14-17-4-6-18(13-20(17)23(24,25)26)28-22(33)16-5-7-19(15-2-3-15)21(12-16)29-30-27/h4-7,12-13,15H,2-3,8-11,14H2,1H3,(H,28,33). The van der Waals surface area contributed by atoms with Crippen molar-refractivity contribution >= 4 is 17.3 Å². The Balaban J connectivity index is 1.53. The van der Waals surface area contributed by atoms with E-state index in [9.17, 15) is 18.0 Å². The number of hydrogen-bond donors (Lipinski definition) is 1. The second-order valence-electron chi connectivity index (χ2n) is 8.64. The number of alkyl halides is 3. The highest BCUT2D eigenvalue weighted by Gasteiger charge is 2.34. The van der Waals surface area contributed by atoms with Crippen LogP contribution in [0.25, 0.3) is 10.4 Å². The minimum atomic E-state index is -4.54. The van der Waals surface area contributed by atoms with Gasteiger partial charge in [0.2, 0.25) is 0 Å². The molecule has 10 heteroatoms. The third kappa shape index (κ3) is 5.65. The van der Waals surface area contributed by atoms with Crippen LogP contribution in [-0.4, -0.2) is 48.9 Å². The maximum Gasteiger partial charge on any atom is 0.416 e. The second-order valence-corrected chi connectivity index (χ2v) is 8.64. The molecule has 1 saturated heterocycles. The van der Waals surface area contributed by atoms with Crippen LogP contribution in [0, 0.1) is 0 Å². The number of carbonyl (C=O) groups is 1. The van der Waals surface area contributed by atoms with Gasteiger partial charge in [-0.15, -0.1) is 0 Å². The van der Waals surface area contributed by atoms with Gasteiger partial charge in [-0.05, 0) is 66.7 Å². The molecule has 4 rings (SSSR count). The lowest BCUT2D eigenvalue weighted by atomic mass is 10.0. The average Bonchev–Trinajstić information content (AvgIpc) is 3.61. The van der Waals surface area contributed by atoms with Crippen LogP contribution in [-0.2, 0) is 12.7 Å². The Morgan fingerprint density at radius 1 is 1.15 bits per heavy atom. The van der Waals surface area contributed by atoms with Gasteiger partial charge in [0.25, 0.3) is 5.91 Å². The zero-order chi connectivity index (χ0) is 23.6. The van der Waals surface area contributed by atoms with E-state index in [-0.39, 0.29) is 23.4 Å². The first kappa shape index (κ1) is 23.1. The number of azide groups is 1. The number of nitrogens with zero attached hydrogens (tertiary/aromatic N) is 5. The highest BCUT2D eigenvalue weighted by atomic mass is 19.4. The van der Waals surface area contributed by atoms with Crippen molar-refractivity contribution in [2.45, 2.75) is 31.5 Å². The Labute approximate surface area is 189 Å². The Kier molecular flexibility index (Phi) is 6.60. The smallest absolute Gasteiger partial charge is 0.322 e. The summed E-state index contributed by atoms with van der Waals surface area (Å²) in [7, 11) is 1.99. The summed E-state index contributed by atoms with van der Waals surface area (Å²) in [5.74, 6) is -0.239. The van der Waals surface area contributed by atoms with E-state index in [1.807, 2.05) is 11.9 Å². The van der Waals surface area contributed by atoms with Gasteiger partial charge in [-0.25, -0.2) is 0 Å². The van der Waals surface area contributed by atoms with Gasteiger partial charge in [-0.1, -0.05) is 17.2 Å². The quantitative estimate of drug-likeness (QED) is 0.351.